The first-order valence-electron chi connectivity index (χ1n) is 9.20. The number of hydrogen-bond donors (Lipinski definition) is 1. The Kier molecular flexibility index (Phi) is 8.19. The number of ether oxygens (including phenoxy) is 1. The van der Waals surface area contributed by atoms with Gasteiger partial charge in [-0.25, -0.2) is 0 Å². The van der Waals surface area contributed by atoms with E-state index in [9.17, 15) is 18.0 Å². The van der Waals surface area contributed by atoms with Gasteiger partial charge in [-0.15, -0.1) is 12.4 Å². The molecular weight excluding hydrogens is 485 g/mol. The molecular formula is C21H23BrClF3N2O2. The van der Waals surface area contributed by atoms with E-state index in [0.29, 0.717) is 13.0 Å². The van der Waals surface area contributed by atoms with Crippen LogP contribution in [0.3, 0.4) is 0 Å². The quantitative estimate of drug-likeness (QED) is 0.625. The molecule has 1 saturated heterocycles. The predicted octanol–water partition coefficient (Wildman–Crippen LogP) is 5.12. The maximum absolute atomic E-state index is 13.1. The third-order valence-electron chi connectivity index (χ3n) is 5.28. The summed E-state index contributed by atoms with van der Waals surface area (Å²) in [5.74, 6) is 0.340. The molecule has 0 radical (unpaired) electrons. The number of halogens is 5. The van der Waals surface area contributed by atoms with Crippen molar-refractivity contribution in [3.63, 3.8) is 0 Å². The molecule has 2 atom stereocenters. The van der Waals surface area contributed by atoms with E-state index in [1.54, 1.807) is 19.1 Å². The molecule has 1 aliphatic heterocycles. The molecule has 0 aromatic heterocycles. The van der Waals surface area contributed by atoms with E-state index >= 15 is 0 Å². The average molecular weight is 508 g/mol. The van der Waals surface area contributed by atoms with E-state index in [4.69, 9.17) is 4.74 Å². The molecule has 164 valence electrons. The van der Waals surface area contributed by atoms with E-state index in [2.05, 4.69) is 21.2 Å². The van der Waals surface area contributed by atoms with Crippen molar-refractivity contribution in [2.75, 3.05) is 27.2 Å². The van der Waals surface area contributed by atoms with Gasteiger partial charge in [-0.2, -0.15) is 13.2 Å². The predicted molar refractivity (Wildman–Crippen MR) is 115 cm³/mol. The second-order valence-corrected chi connectivity index (χ2v) is 8.00. The zero-order chi connectivity index (χ0) is 21.2. The molecule has 0 unspecified atom stereocenters. The Morgan fingerprint density at radius 1 is 1.20 bits per heavy atom. The number of benzene rings is 2. The Hall–Kier alpha value is -1.77. The monoisotopic (exact) mass is 506 g/mol. The van der Waals surface area contributed by atoms with Crippen LogP contribution in [0.1, 0.15) is 33.8 Å². The molecule has 4 nitrogen and oxygen atoms in total. The summed E-state index contributed by atoms with van der Waals surface area (Å²) < 4.78 is 44.9. The summed E-state index contributed by atoms with van der Waals surface area (Å²) in [5.41, 5.74) is 0.217. The molecule has 1 N–H and O–H groups in total. The third-order valence-corrected chi connectivity index (χ3v) is 5.74. The maximum atomic E-state index is 13.1. The molecule has 2 aromatic rings. The number of carbonyl (C=O) groups excluding carboxylic acids is 1. The van der Waals surface area contributed by atoms with Crippen molar-refractivity contribution in [1.29, 1.82) is 0 Å². The Bertz CT molecular complexity index is 878. The largest absolute Gasteiger partial charge is 0.497 e. The van der Waals surface area contributed by atoms with Crippen molar-refractivity contribution in [3.05, 3.63) is 63.6 Å². The van der Waals surface area contributed by atoms with Gasteiger partial charge in [-0.05, 0) is 48.9 Å². The highest BCUT2D eigenvalue weighted by Crippen LogP contribution is 2.33. The number of methoxy groups -OCH3 is 1. The molecule has 0 aliphatic carbocycles. The van der Waals surface area contributed by atoms with Gasteiger partial charge in [0.05, 0.1) is 12.7 Å². The Labute approximate surface area is 188 Å². The number of hydrogen-bond acceptors (Lipinski definition) is 3. The average Bonchev–Trinajstić information content (AvgIpc) is 2.71. The highest BCUT2D eigenvalue weighted by Gasteiger charge is 2.35. The summed E-state index contributed by atoms with van der Waals surface area (Å²) in [6, 6.07) is 10.8. The van der Waals surface area contributed by atoms with E-state index in [1.165, 1.54) is 6.07 Å². The Morgan fingerprint density at radius 2 is 1.87 bits per heavy atom. The lowest BCUT2D eigenvalue weighted by molar-refractivity contribution is -0.137. The number of likely N-dealkylation sites (N-methyl/N-ethyl adjacent to an activating group) is 1. The first-order chi connectivity index (χ1) is 13.7. The summed E-state index contributed by atoms with van der Waals surface area (Å²) in [6.45, 7) is 1.42. The maximum Gasteiger partial charge on any atom is 0.416 e. The minimum absolute atomic E-state index is 0. The van der Waals surface area contributed by atoms with Crippen LogP contribution >= 0.6 is 28.3 Å². The zero-order valence-corrected chi connectivity index (χ0v) is 18.9. The Balaban J connectivity index is 0.00000320. The standard InChI is InChI=1S/C21H22BrF3N2O2.ClH/c1-27(20(28)14-9-15(21(23,24)25)11-16(22)10-14)19-7-8-26-12-18(19)13-3-5-17(29-2)6-4-13;/h3-6,9-11,18-19,26H,7-8,12H2,1-2H3;1H/t18-,19+;/m0./s1. The molecule has 0 spiro atoms. The van der Waals surface area contributed by atoms with E-state index < -0.39 is 17.6 Å². The number of nitrogens with one attached hydrogen (secondary N) is 1. The lowest BCUT2D eigenvalue weighted by atomic mass is 9.85. The molecule has 0 bridgehead atoms. The van der Waals surface area contributed by atoms with Gasteiger partial charge in [-0.3, -0.25) is 4.79 Å². The number of piperidine rings is 1. The summed E-state index contributed by atoms with van der Waals surface area (Å²) in [4.78, 5) is 14.6. The van der Waals surface area contributed by atoms with Crippen LogP contribution in [0.4, 0.5) is 13.2 Å². The van der Waals surface area contributed by atoms with Gasteiger partial charge >= 0.3 is 6.18 Å². The molecule has 1 heterocycles. The third kappa shape index (κ3) is 5.47. The molecule has 0 saturated carbocycles. The summed E-state index contributed by atoms with van der Waals surface area (Å²) in [7, 11) is 3.25. The SMILES string of the molecule is COc1ccc([C@@H]2CNCC[C@H]2N(C)C(=O)c2cc(Br)cc(C(F)(F)F)c2)cc1.Cl. The number of carbonyl (C=O) groups is 1. The zero-order valence-electron chi connectivity index (χ0n) is 16.5. The van der Waals surface area contributed by atoms with E-state index in [1.807, 2.05) is 24.3 Å². The molecule has 1 aliphatic rings. The topological polar surface area (TPSA) is 41.6 Å². The van der Waals surface area contributed by atoms with Crippen molar-refractivity contribution >= 4 is 34.2 Å². The summed E-state index contributed by atoms with van der Waals surface area (Å²) in [6.07, 6.45) is -3.81. The van der Waals surface area contributed by atoms with Crippen molar-refractivity contribution in [3.8, 4) is 5.75 Å². The highest BCUT2D eigenvalue weighted by molar-refractivity contribution is 9.10. The van der Waals surface area contributed by atoms with Crippen molar-refractivity contribution in [2.24, 2.45) is 0 Å². The fourth-order valence-electron chi connectivity index (χ4n) is 3.73. The van der Waals surface area contributed by atoms with Gasteiger partial charge in [0.25, 0.3) is 5.91 Å². The molecule has 2 aromatic carbocycles. The number of alkyl halides is 3. The van der Waals surface area contributed by atoms with Gasteiger partial charge in [0.1, 0.15) is 5.75 Å². The number of nitrogens with zero attached hydrogens (tertiary/aromatic N) is 1. The minimum Gasteiger partial charge on any atom is -0.497 e. The van der Waals surface area contributed by atoms with Crippen LogP contribution in [0.15, 0.2) is 46.9 Å². The van der Waals surface area contributed by atoms with Crippen LogP contribution in [0.25, 0.3) is 0 Å². The lowest BCUT2D eigenvalue weighted by Gasteiger charge is -2.39. The number of rotatable bonds is 4. The molecule has 1 amide bonds. The van der Waals surface area contributed by atoms with Gasteiger partial charge < -0.3 is 15.0 Å². The van der Waals surface area contributed by atoms with Crippen LogP contribution in [0.5, 0.6) is 5.75 Å². The lowest BCUT2D eigenvalue weighted by Crippen LogP contribution is -2.49. The molecule has 9 heteroatoms. The van der Waals surface area contributed by atoms with Gasteiger partial charge in [0, 0.05) is 35.6 Å². The first kappa shape index (κ1) is 24.5. The van der Waals surface area contributed by atoms with Crippen molar-refractivity contribution in [1.82, 2.24) is 10.2 Å². The Morgan fingerprint density at radius 3 is 2.47 bits per heavy atom. The fraction of sp³-hybridized carbons (Fsp3) is 0.381. The van der Waals surface area contributed by atoms with Gasteiger partial charge in [0.2, 0.25) is 0 Å². The van der Waals surface area contributed by atoms with Crippen molar-refractivity contribution in [2.45, 2.75) is 24.6 Å². The smallest absolute Gasteiger partial charge is 0.416 e. The van der Waals surface area contributed by atoms with Crippen LogP contribution < -0.4 is 10.1 Å². The summed E-state index contributed by atoms with van der Waals surface area (Å²) >= 11 is 3.09. The normalized spacial score (nSPS) is 19.0. The van der Waals surface area contributed by atoms with Crippen LogP contribution in [-0.4, -0.2) is 44.1 Å². The highest BCUT2D eigenvalue weighted by atomic mass is 79.9. The fourth-order valence-corrected chi connectivity index (χ4v) is 4.22. The minimum atomic E-state index is -4.52. The summed E-state index contributed by atoms with van der Waals surface area (Å²) in [5, 5.41) is 3.34. The number of amides is 1. The molecule has 1 fully saturated rings. The second-order valence-electron chi connectivity index (χ2n) is 7.08. The second kappa shape index (κ2) is 10.0. The first-order valence-corrected chi connectivity index (χ1v) is 9.99. The van der Waals surface area contributed by atoms with Gasteiger partial charge in [-0.1, -0.05) is 28.1 Å². The van der Waals surface area contributed by atoms with Crippen molar-refractivity contribution < 1.29 is 22.7 Å². The molecule has 30 heavy (non-hydrogen) atoms. The van der Waals surface area contributed by atoms with Crippen LogP contribution in [0, 0.1) is 0 Å². The van der Waals surface area contributed by atoms with Crippen LogP contribution in [0.2, 0.25) is 0 Å². The van der Waals surface area contributed by atoms with Gasteiger partial charge in [0.15, 0.2) is 0 Å². The van der Waals surface area contributed by atoms with Crippen LogP contribution in [-0.2, 0) is 6.18 Å². The molecule has 3 rings (SSSR count). The van der Waals surface area contributed by atoms with E-state index in [-0.39, 0.29) is 34.4 Å². The van der Waals surface area contributed by atoms with E-state index in [0.717, 1.165) is 30.0 Å².